The van der Waals surface area contributed by atoms with Crippen LogP contribution in [0.4, 0.5) is 5.95 Å². The van der Waals surface area contributed by atoms with Gasteiger partial charge in [-0.25, -0.2) is 4.52 Å². The molecule has 0 spiro atoms. The number of nitrogens with one attached hydrogen (secondary N) is 1. The maximum absolute atomic E-state index is 12.4. The second-order valence-corrected chi connectivity index (χ2v) is 7.98. The number of nitrogens with zero attached hydrogens (tertiary/aromatic N) is 3. The van der Waals surface area contributed by atoms with E-state index in [1.165, 1.54) is 23.5 Å². The molecule has 27 heavy (non-hydrogen) atoms. The van der Waals surface area contributed by atoms with Crippen molar-refractivity contribution in [3.05, 3.63) is 67.4 Å². The van der Waals surface area contributed by atoms with Crippen molar-refractivity contribution in [2.24, 2.45) is 0 Å². The van der Waals surface area contributed by atoms with Crippen LogP contribution in [0, 0.1) is 0 Å². The van der Waals surface area contributed by atoms with Gasteiger partial charge in [0.25, 0.3) is 11.9 Å². The minimum absolute atomic E-state index is 0.150. The lowest BCUT2D eigenvalue weighted by Gasteiger charge is -2.04. The summed E-state index contributed by atoms with van der Waals surface area (Å²) >= 11 is 25.6. The number of hydrogen-bond acceptors (Lipinski definition) is 4. The molecule has 2 aromatic carbocycles. The summed E-state index contributed by atoms with van der Waals surface area (Å²) in [6.07, 6.45) is 0. The maximum atomic E-state index is 12.4. The summed E-state index contributed by atoms with van der Waals surface area (Å²) in [6, 6.07) is 9.79. The molecule has 136 valence electrons. The summed E-state index contributed by atoms with van der Waals surface area (Å²) < 4.78 is 1.60. The van der Waals surface area contributed by atoms with Gasteiger partial charge in [-0.15, -0.1) is 16.4 Å². The molecule has 0 aliphatic rings. The Hall–Kier alpha value is -1.83. The standard InChI is InChI=1S/C17H8Cl4N4OS/c18-8-2-4-12(20)11(5-8)14-7-27-17-23-16(24-25(14)17)22-15(26)10-3-1-9(19)6-13(10)21/h1-7H,(H,22,24,26). The van der Waals surface area contributed by atoms with E-state index in [0.717, 1.165) is 11.3 Å². The van der Waals surface area contributed by atoms with Crippen LogP contribution in [0.2, 0.25) is 20.1 Å². The summed E-state index contributed by atoms with van der Waals surface area (Å²) in [7, 11) is 0. The van der Waals surface area contributed by atoms with Crippen LogP contribution >= 0.6 is 57.7 Å². The zero-order valence-electron chi connectivity index (χ0n) is 13.2. The predicted octanol–water partition coefficient (Wildman–Crippen LogP) is 6.32. The molecule has 10 heteroatoms. The Morgan fingerprint density at radius 3 is 2.52 bits per heavy atom. The number of amides is 1. The number of aromatic nitrogens is 3. The molecule has 0 atom stereocenters. The molecule has 0 fully saturated rings. The molecule has 1 N–H and O–H groups in total. The number of fused-ring (bicyclic) bond motifs is 1. The highest BCUT2D eigenvalue weighted by atomic mass is 35.5. The maximum Gasteiger partial charge on any atom is 0.259 e. The third-order valence-corrected chi connectivity index (χ3v) is 5.62. The first-order valence-corrected chi connectivity index (χ1v) is 9.87. The summed E-state index contributed by atoms with van der Waals surface area (Å²) in [4.78, 5) is 17.3. The SMILES string of the molecule is O=C(Nc1nc2scc(-c3cc(Cl)ccc3Cl)n2n1)c1ccc(Cl)cc1Cl. The molecular formula is C17H8Cl4N4OS. The minimum Gasteiger partial charge on any atom is -0.289 e. The zero-order chi connectivity index (χ0) is 19.1. The Labute approximate surface area is 177 Å². The molecule has 2 aromatic heterocycles. The fraction of sp³-hybridized carbons (Fsp3) is 0. The Balaban J connectivity index is 1.68. The average Bonchev–Trinajstić information content (AvgIpc) is 3.17. The molecule has 5 nitrogen and oxygen atoms in total. The van der Waals surface area contributed by atoms with Gasteiger partial charge in [0.15, 0.2) is 0 Å². The first-order chi connectivity index (χ1) is 12.9. The quantitative estimate of drug-likeness (QED) is 0.391. The predicted molar refractivity (Wildman–Crippen MR) is 111 cm³/mol. The van der Waals surface area contributed by atoms with Gasteiger partial charge in [-0.3, -0.25) is 10.1 Å². The van der Waals surface area contributed by atoms with Gasteiger partial charge >= 0.3 is 0 Å². The number of halogens is 4. The first kappa shape index (κ1) is 18.5. The normalized spacial score (nSPS) is 11.1. The van der Waals surface area contributed by atoms with E-state index in [2.05, 4.69) is 15.4 Å². The number of benzene rings is 2. The van der Waals surface area contributed by atoms with E-state index in [4.69, 9.17) is 46.4 Å². The topological polar surface area (TPSA) is 59.3 Å². The molecule has 2 heterocycles. The Kier molecular flexibility index (Phi) is 5.01. The molecule has 1 amide bonds. The molecule has 0 radical (unpaired) electrons. The fourth-order valence-corrected chi connectivity index (χ4v) is 4.16. The molecule has 0 aliphatic carbocycles. The van der Waals surface area contributed by atoms with Crippen molar-refractivity contribution in [1.29, 1.82) is 0 Å². The Morgan fingerprint density at radius 1 is 1.00 bits per heavy atom. The van der Waals surface area contributed by atoms with E-state index in [1.807, 2.05) is 5.38 Å². The van der Waals surface area contributed by atoms with E-state index in [1.54, 1.807) is 28.8 Å². The highest BCUT2D eigenvalue weighted by Crippen LogP contribution is 2.33. The first-order valence-electron chi connectivity index (χ1n) is 7.48. The highest BCUT2D eigenvalue weighted by Gasteiger charge is 2.17. The van der Waals surface area contributed by atoms with Crippen LogP contribution in [0.15, 0.2) is 41.8 Å². The second kappa shape index (κ2) is 7.30. The van der Waals surface area contributed by atoms with Gasteiger partial charge in [0.1, 0.15) is 0 Å². The van der Waals surface area contributed by atoms with E-state index in [-0.39, 0.29) is 16.5 Å². The monoisotopic (exact) mass is 456 g/mol. The van der Waals surface area contributed by atoms with E-state index in [9.17, 15) is 4.79 Å². The van der Waals surface area contributed by atoms with Crippen LogP contribution in [0.5, 0.6) is 0 Å². The highest BCUT2D eigenvalue weighted by molar-refractivity contribution is 7.15. The third kappa shape index (κ3) is 3.63. The largest absolute Gasteiger partial charge is 0.289 e. The summed E-state index contributed by atoms with van der Waals surface area (Å²) in [5.41, 5.74) is 1.72. The number of anilines is 1. The Morgan fingerprint density at radius 2 is 1.74 bits per heavy atom. The van der Waals surface area contributed by atoms with Crippen LogP contribution in [0.3, 0.4) is 0 Å². The van der Waals surface area contributed by atoms with Crippen molar-refractivity contribution in [3.63, 3.8) is 0 Å². The second-order valence-electron chi connectivity index (χ2n) is 5.45. The molecule has 0 saturated carbocycles. The van der Waals surface area contributed by atoms with Crippen molar-refractivity contribution in [1.82, 2.24) is 14.6 Å². The molecular weight excluding hydrogens is 450 g/mol. The lowest BCUT2D eigenvalue weighted by atomic mass is 10.2. The van der Waals surface area contributed by atoms with Gasteiger partial charge in [0.2, 0.25) is 4.96 Å². The number of hydrogen-bond donors (Lipinski definition) is 1. The van der Waals surface area contributed by atoms with Gasteiger partial charge in [0.05, 0.1) is 21.3 Å². The Bertz CT molecular complexity index is 1190. The molecule has 4 aromatic rings. The van der Waals surface area contributed by atoms with Crippen LogP contribution < -0.4 is 5.32 Å². The van der Waals surface area contributed by atoms with Gasteiger partial charge in [-0.1, -0.05) is 46.4 Å². The average molecular weight is 458 g/mol. The van der Waals surface area contributed by atoms with Crippen LogP contribution in [0.1, 0.15) is 10.4 Å². The van der Waals surface area contributed by atoms with Crippen LogP contribution in [-0.4, -0.2) is 20.5 Å². The molecule has 4 rings (SSSR count). The van der Waals surface area contributed by atoms with Crippen LogP contribution in [-0.2, 0) is 0 Å². The zero-order valence-corrected chi connectivity index (χ0v) is 17.1. The van der Waals surface area contributed by atoms with E-state index < -0.39 is 5.91 Å². The number of carbonyl (C=O) groups excluding carboxylic acids is 1. The molecule has 0 aliphatic heterocycles. The molecule has 0 unspecified atom stereocenters. The number of carbonyl (C=O) groups is 1. The van der Waals surface area contributed by atoms with Crippen LogP contribution in [0.25, 0.3) is 16.2 Å². The number of thiazole rings is 1. The number of rotatable bonds is 3. The van der Waals surface area contributed by atoms with Gasteiger partial charge < -0.3 is 0 Å². The summed E-state index contributed by atoms with van der Waals surface area (Å²) in [5, 5.41) is 10.6. The smallest absolute Gasteiger partial charge is 0.259 e. The van der Waals surface area contributed by atoms with Crippen molar-refractivity contribution < 1.29 is 4.79 Å². The van der Waals surface area contributed by atoms with E-state index >= 15 is 0 Å². The summed E-state index contributed by atoms with van der Waals surface area (Å²) in [5.74, 6) is -0.283. The minimum atomic E-state index is -0.433. The third-order valence-electron chi connectivity index (χ3n) is 3.69. The van der Waals surface area contributed by atoms with Crippen molar-refractivity contribution >= 4 is 74.6 Å². The summed E-state index contributed by atoms with van der Waals surface area (Å²) in [6.45, 7) is 0. The van der Waals surface area contributed by atoms with Gasteiger partial charge in [0, 0.05) is 21.0 Å². The van der Waals surface area contributed by atoms with Crippen molar-refractivity contribution in [2.75, 3.05) is 5.32 Å². The van der Waals surface area contributed by atoms with Gasteiger partial charge in [-0.05, 0) is 36.4 Å². The van der Waals surface area contributed by atoms with E-state index in [0.29, 0.717) is 20.0 Å². The molecule has 0 saturated heterocycles. The molecule has 0 bridgehead atoms. The fourth-order valence-electron chi connectivity index (χ4n) is 2.46. The van der Waals surface area contributed by atoms with Crippen molar-refractivity contribution in [3.8, 4) is 11.3 Å². The lowest BCUT2D eigenvalue weighted by Crippen LogP contribution is -2.13. The lowest BCUT2D eigenvalue weighted by molar-refractivity contribution is 0.102. The van der Waals surface area contributed by atoms with Gasteiger partial charge in [-0.2, -0.15) is 4.98 Å². The van der Waals surface area contributed by atoms with Crippen molar-refractivity contribution in [2.45, 2.75) is 0 Å².